The number of hydrogen-bond donors (Lipinski definition) is 2. The van der Waals surface area contributed by atoms with E-state index in [1.807, 2.05) is 0 Å². The zero-order valence-corrected chi connectivity index (χ0v) is 17.1. The minimum absolute atomic E-state index is 0.667. The Balaban J connectivity index is 1.57. The van der Waals surface area contributed by atoms with E-state index in [2.05, 4.69) is 77.9 Å². The molecule has 0 aliphatic carbocycles. The van der Waals surface area contributed by atoms with Crippen LogP contribution in [0, 0.1) is 6.92 Å². The number of guanidine groups is 1. The van der Waals surface area contributed by atoms with E-state index in [0.717, 1.165) is 51.9 Å². The summed E-state index contributed by atoms with van der Waals surface area (Å²) in [5, 5.41) is 6.76. The maximum absolute atomic E-state index is 5.44. The van der Waals surface area contributed by atoms with Gasteiger partial charge in [-0.2, -0.15) is 0 Å². The van der Waals surface area contributed by atoms with Gasteiger partial charge in [0.1, 0.15) is 0 Å². The molecule has 0 atom stereocenters. The van der Waals surface area contributed by atoms with Crippen LogP contribution in [0.2, 0.25) is 0 Å². The fourth-order valence-corrected chi connectivity index (χ4v) is 3.25. The SMILES string of the molecule is CCNC(=NCc1cccc(CN2CCOCC2)c1)NCc1ccc(C)cc1. The van der Waals surface area contributed by atoms with Crippen molar-refractivity contribution >= 4 is 5.96 Å². The van der Waals surface area contributed by atoms with E-state index in [1.54, 1.807) is 0 Å². The molecule has 5 heteroatoms. The predicted molar refractivity (Wildman–Crippen MR) is 115 cm³/mol. The van der Waals surface area contributed by atoms with Crippen LogP contribution in [0.15, 0.2) is 53.5 Å². The minimum Gasteiger partial charge on any atom is -0.379 e. The van der Waals surface area contributed by atoms with E-state index in [4.69, 9.17) is 9.73 Å². The van der Waals surface area contributed by atoms with E-state index in [0.29, 0.717) is 6.54 Å². The van der Waals surface area contributed by atoms with E-state index < -0.39 is 0 Å². The van der Waals surface area contributed by atoms with Crippen molar-refractivity contribution in [1.29, 1.82) is 0 Å². The quantitative estimate of drug-likeness (QED) is 0.572. The van der Waals surface area contributed by atoms with Crippen LogP contribution >= 0.6 is 0 Å². The zero-order chi connectivity index (χ0) is 19.6. The Morgan fingerprint density at radius 1 is 1.00 bits per heavy atom. The summed E-state index contributed by atoms with van der Waals surface area (Å²) in [5.41, 5.74) is 5.11. The molecule has 0 spiro atoms. The molecule has 28 heavy (non-hydrogen) atoms. The van der Waals surface area contributed by atoms with Crippen molar-refractivity contribution < 1.29 is 4.74 Å². The third-order valence-corrected chi connectivity index (χ3v) is 4.85. The molecule has 2 aromatic carbocycles. The van der Waals surface area contributed by atoms with E-state index in [-0.39, 0.29) is 0 Å². The lowest BCUT2D eigenvalue weighted by Crippen LogP contribution is -2.36. The highest BCUT2D eigenvalue weighted by atomic mass is 16.5. The van der Waals surface area contributed by atoms with Gasteiger partial charge in [-0.05, 0) is 30.5 Å². The summed E-state index contributed by atoms with van der Waals surface area (Å²) >= 11 is 0. The number of aryl methyl sites for hydroxylation is 1. The van der Waals surface area contributed by atoms with Gasteiger partial charge in [-0.15, -0.1) is 0 Å². The largest absolute Gasteiger partial charge is 0.379 e. The molecule has 0 radical (unpaired) electrons. The van der Waals surface area contributed by atoms with Gasteiger partial charge in [0.25, 0.3) is 0 Å². The van der Waals surface area contributed by atoms with E-state index in [9.17, 15) is 0 Å². The monoisotopic (exact) mass is 380 g/mol. The van der Waals surface area contributed by atoms with Gasteiger partial charge in [0.15, 0.2) is 5.96 Å². The Kier molecular flexibility index (Phi) is 7.88. The molecular formula is C23H32N4O. The summed E-state index contributed by atoms with van der Waals surface area (Å²) < 4.78 is 5.44. The van der Waals surface area contributed by atoms with Crippen LogP contribution in [0.3, 0.4) is 0 Å². The summed E-state index contributed by atoms with van der Waals surface area (Å²) in [5.74, 6) is 0.849. The number of morpholine rings is 1. The summed E-state index contributed by atoms with van der Waals surface area (Å²) in [6.07, 6.45) is 0. The number of rotatable bonds is 7. The van der Waals surface area contributed by atoms with Crippen molar-refractivity contribution in [3.05, 3.63) is 70.8 Å². The van der Waals surface area contributed by atoms with Crippen LogP contribution in [0.1, 0.15) is 29.2 Å². The summed E-state index contributed by atoms with van der Waals surface area (Å²) in [6, 6.07) is 17.3. The van der Waals surface area contributed by atoms with Crippen LogP contribution in [0.4, 0.5) is 0 Å². The van der Waals surface area contributed by atoms with Crippen molar-refractivity contribution in [3.8, 4) is 0 Å². The van der Waals surface area contributed by atoms with Crippen molar-refractivity contribution in [3.63, 3.8) is 0 Å². The molecule has 0 bridgehead atoms. The van der Waals surface area contributed by atoms with Crippen LogP contribution in [-0.4, -0.2) is 43.7 Å². The van der Waals surface area contributed by atoms with Gasteiger partial charge in [-0.3, -0.25) is 4.90 Å². The van der Waals surface area contributed by atoms with E-state index >= 15 is 0 Å². The van der Waals surface area contributed by atoms with Crippen molar-refractivity contribution in [2.45, 2.75) is 33.5 Å². The molecule has 1 saturated heterocycles. The smallest absolute Gasteiger partial charge is 0.191 e. The first kappa shape index (κ1) is 20.4. The molecule has 2 aromatic rings. The Morgan fingerprint density at radius 3 is 2.50 bits per heavy atom. The zero-order valence-electron chi connectivity index (χ0n) is 17.1. The average molecular weight is 381 g/mol. The number of nitrogens with one attached hydrogen (secondary N) is 2. The maximum Gasteiger partial charge on any atom is 0.191 e. The highest BCUT2D eigenvalue weighted by molar-refractivity contribution is 5.79. The maximum atomic E-state index is 5.44. The van der Waals surface area contributed by atoms with E-state index in [1.165, 1.54) is 22.3 Å². The second-order valence-corrected chi connectivity index (χ2v) is 7.24. The second kappa shape index (κ2) is 10.8. The third-order valence-electron chi connectivity index (χ3n) is 4.85. The highest BCUT2D eigenvalue weighted by Gasteiger charge is 2.10. The van der Waals surface area contributed by atoms with Gasteiger partial charge in [0, 0.05) is 32.7 Å². The molecule has 0 aromatic heterocycles. The topological polar surface area (TPSA) is 48.9 Å². The normalized spacial score (nSPS) is 15.4. The molecule has 1 aliphatic rings. The third kappa shape index (κ3) is 6.66. The van der Waals surface area contributed by atoms with Crippen LogP contribution < -0.4 is 10.6 Å². The number of nitrogens with zero attached hydrogens (tertiary/aromatic N) is 2. The summed E-state index contributed by atoms with van der Waals surface area (Å²) in [4.78, 5) is 7.21. The fraction of sp³-hybridized carbons (Fsp3) is 0.435. The molecular weight excluding hydrogens is 348 g/mol. The molecule has 2 N–H and O–H groups in total. The first-order valence-electron chi connectivity index (χ1n) is 10.2. The van der Waals surface area contributed by atoms with Gasteiger partial charge in [0.05, 0.1) is 19.8 Å². The average Bonchev–Trinajstić information content (AvgIpc) is 2.72. The van der Waals surface area contributed by atoms with Gasteiger partial charge in [0.2, 0.25) is 0 Å². The molecule has 1 heterocycles. The second-order valence-electron chi connectivity index (χ2n) is 7.24. The number of hydrogen-bond acceptors (Lipinski definition) is 3. The molecule has 0 saturated carbocycles. The predicted octanol–water partition coefficient (Wildman–Crippen LogP) is 3.08. The van der Waals surface area contributed by atoms with Gasteiger partial charge in [-0.25, -0.2) is 4.99 Å². The van der Waals surface area contributed by atoms with Crippen LogP contribution in [-0.2, 0) is 24.4 Å². The fourth-order valence-electron chi connectivity index (χ4n) is 3.25. The lowest BCUT2D eigenvalue weighted by Gasteiger charge is -2.26. The van der Waals surface area contributed by atoms with Gasteiger partial charge in [-0.1, -0.05) is 54.1 Å². The first-order chi connectivity index (χ1) is 13.7. The Labute approximate surface area is 168 Å². The molecule has 3 rings (SSSR count). The number of benzene rings is 2. The number of aliphatic imine (C=N–C) groups is 1. The highest BCUT2D eigenvalue weighted by Crippen LogP contribution is 2.11. The molecule has 0 unspecified atom stereocenters. The van der Waals surface area contributed by atoms with Crippen LogP contribution in [0.25, 0.3) is 0 Å². The Hall–Kier alpha value is -2.37. The lowest BCUT2D eigenvalue weighted by atomic mass is 10.1. The minimum atomic E-state index is 0.667. The summed E-state index contributed by atoms with van der Waals surface area (Å²) in [7, 11) is 0. The number of ether oxygens (including phenoxy) is 1. The van der Waals surface area contributed by atoms with Gasteiger partial charge >= 0.3 is 0 Å². The molecule has 1 aliphatic heterocycles. The molecule has 0 amide bonds. The van der Waals surface area contributed by atoms with Gasteiger partial charge < -0.3 is 15.4 Å². The molecule has 150 valence electrons. The van der Waals surface area contributed by atoms with Crippen molar-refractivity contribution in [1.82, 2.24) is 15.5 Å². The standard InChI is InChI=1S/C23H32N4O/c1-3-24-23(25-16-20-9-7-19(2)8-10-20)26-17-21-5-4-6-22(15-21)18-27-11-13-28-14-12-27/h4-10,15H,3,11-14,16-18H2,1-2H3,(H2,24,25,26). The lowest BCUT2D eigenvalue weighted by molar-refractivity contribution is 0.0342. The molecule has 5 nitrogen and oxygen atoms in total. The summed E-state index contributed by atoms with van der Waals surface area (Å²) in [6.45, 7) is 11.1. The molecule has 1 fully saturated rings. The van der Waals surface area contributed by atoms with Crippen LogP contribution in [0.5, 0.6) is 0 Å². The Morgan fingerprint density at radius 2 is 1.75 bits per heavy atom. The van der Waals surface area contributed by atoms with Crippen molar-refractivity contribution in [2.24, 2.45) is 4.99 Å². The Bertz CT molecular complexity index is 751. The first-order valence-corrected chi connectivity index (χ1v) is 10.2. The van der Waals surface area contributed by atoms with Crippen molar-refractivity contribution in [2.75, 3.05) is 32.8 Å².